The molecule has 0 aliphatic heterocycles. The Hall–Kier alpha value is -1.42. The zero-order chi connectivity index (χ0) is 14.7. The van der Waals surface area contributed by atoms with Crippen molar-refractivity contribution in [2.24, 2.45) is 11.8 Å². The lowest BCUT2D eigenvalue weighted by Gasteiger charge is -2.14. The van der Waals surface area contributed by atoms with E-state index >= 15 is 0 Å². The molecule has 0 bridgehead atoms. The highest BCUT2D eigenvalue weighted by molar-refractivity contribution is 6.30. The molecular formula is C15H16ClFO3. The molecule has 2 rings (SSSR count). The first-order chi connectivity index (χ1) is 9.51. The Balaban J connectivity index is 2.17. The molecule has 0 amide bonds. The fourth-order valence-electron chi connectivity index (χ4n) is 2.16. The summed E-state index contributed by atoms with van der Waals surface area (Å²) in [5.74, 6) is -2.03. The fourth-order valence-corrected chi connectivity index (χ4v) is 2.40. The largest absolute Gasteiger partial charge is 0.465 e. The van der Waals surface area contributed by atoms with Gasteiger partial charge in [0, 0.05) is 10.9 Å². The van der Waals surface area contributed by atoms with E-state index in [-0.39, 0.29) is 29.8 Å². The zero-order valence-corrected chi connectivity index (χ0v) is 12.0. The minimum Gasteiger partial charge on any atom is -0.465 e. The van der Waals surface area contributed by atoms with Crippen LogP contribution in [0.3, 0.4) is 0 Å². The van der Waals surface area contributed by atoms with Gasteiger partial charge in [0.1, 0.15) is 11.7 Å². The number of hydrogen-bond donors (Lipinski definition) is 0. The van der Waals surface area contributed by atoms with Crippen LogP contribution < -0.4 is 0 Å². The van der Waals surface area contributed by atoms with Gasteiger partial charge in [0.05, 0.1) is 6.61 Å². The van der Waals surface area contributed by atoms with Crippen LogP contribution in [0.15, 0.2) is 18.2 Å². The van der Waals surface area contributed by atoms with Crippen LogP contribution in [0.25, 0.3) is 0 Å². The zero-order valence-electron chi connectivity index (χ0n) is 11.2. The van der Waals surface area contributed by atoms with Gasteiger partial charge in [0.2, 0.25) is 0 Å². The van der Waals surface area contributed by atoms with Gasteiger partial charge in [-0.15, -0.1) is 0 Å². The Morgan fingerprint density at radius 2 is 2.10 bits per heavy atom. The number of carbonyl (C=O) groups is 2. The van der Waals surface area contributed by atoms with Gasteiger partial charge in [-0.3, -0.25) is 9.59 Å². The van der Waals surface area contributed by atoms with E-state index in [1.54, 1.807) is 13.0 Å². The Labute approximate surface area is 122 Å². The molecule has 1 aliphatic rings. The summed E-state index contributed by atoms with van der Waals surface area (Å²) in [7, 11) is 0. The Morgan fingerprint density at radius 3 is 2.65 bits per heavy atom. The second-order valence-corrected chi connectivity index (χ2v) is 5.40. The van der Waals surface area contributed by atoms with E-state index in [1.165, 1.54) is 12.1 Å². The quantitative estimate of drug-likeness (QED) is 0.598. The lowest BCUT2D eigenvalue weighted by Crippen LogP contribution is -2.29. The average molecular weight is 299 g/mol. The van der Waals surface area contributed by atoms with Crippen LogP contribution in [0.4, 0.5) is 4.39 Å². The van der Waals surface area contributed by atoms with Crippen LogP contribution >= 0.6 is 11.6 Å². The van der Waals surface area contributed by atoms with E-state index in [4.69, 9.17) is 16.3 Å². The standard InChI is InChI=1S/C15H16ClFO3/c1-2-20-15(19)13(14(18)10-3-4-10)7-9-5-11(16)8-12(17)6-9/h5-6,8,10,13H,2-4,7H2,1H3. The van der Waals surface area contributed by atoms with E-state index in [9.17, 15) is 14.0 Å². The van der Waals surface area contributed by atoms with Crippen LogP contribution in [0.2, 0.25) is 5.02 Å². The molecular weight excluding hydrogens is 283 g/mol. The summed E-state index contributed by atoms with van der Waals surface area (Å²) in [6.45, 7) is 1.91. The van der Waals surface area contributed by atoms with Gasteiger partial charge in [-0.05, 0) is 49.9 Å². The predicted molar refractivity (Wildman–Crippen MR) is 73.0 cm³/mol. The number of ether oxygens (including phenoxy) is 1. The maximum atomic E-state index is 13.3. The van der Waals surface area contributed by atoms with Crippen molar-refractivity contribution in [1.82, 2.24) is 0 Å². The Bertz CT molecular complexity index is 506. The monoisotopic (exact) mass is 298 g/mol. The molecule has 1 aliphatic carbocycles. The van der Waals surface area contributed by atoms with E-state index in [1.807, 2.05) is 0 Å². The minimum atomic E-state index is -0.861. The third-order valence-electron chi connectivity index (χ3n) is 3.26. The van der Waals surface area contributed by atoms with Gasteiger partial charge in [-0.1, -0.05) is 11.6 Å². The second-order valence-electron chi connectivity index (χ2n) is 4.96. The lowest BCUT2D eigenvalue weighted by atomic mass is 9.93. The highest BCUT2D eigenvalue weighted by atomic mass is 35.5. The Kier molecular flexibility index (Phi) is 4.76. The summed E-state index contributed by atoms with van der Waals surface area (Å²) < 4.78 is 18.3. The smallest absolute Gasteiger partial charge is 0.316 e. The first-order valence-electron chi connectivity index (χ1n) is 6.66. The molecule has 20 heavy (non-hydrogen) atoms. The van der Waals surface area contributed by atoms with Gasteiger partial charge in [-0.2, -0.15) is 0 Å². The molecule has 0 aromatic heterocycles. The molecule has 1 saturated carbocycles. The maximum absolute atomic E-state index is 13.3. The highest BCUT2D eigenvalue weighted by Gasteiger charge is 2.39. The van der Waals surface area contributed by atoms with Crippen molar-refractivity contribution in [3.8, 4) is 0 Å². The number of esters is 1. The van der Waals surface area contributed by atoms with E-state index < -0.39 is 17.7 Å². The molecule has 0 saturated heterocycles. The number of carbonyl (C=O) groups excluding carboxylic acids is 2. The van der Waals surface area contributed by atoms with Gasteiger partial charge >= 0.3 is 5.97 Å². The molecule has 0 radical (unpaired) electrons. The van der Waals surface area contributed by atoms with Crippen LogP contribution in [-0.2, 0) is 20.7 Å². The molecule has 5 heteroatoms. The van der Waals surface area contributed by atoms with E-state index in [2.05, 4.69) is 0 Å². The summed E-state index contributed by atoms with van der Waals surface area (Å²) in [5.41, 5.74) is 0.530. The molecule has 1 atom stereocenters. The molecule has 1 aromatic carbocycles. The normalized spacial score (nSPS) is 15.8. The van der Waals surface area contributed by atoms with Gasteiger partial charge in [0.15, 0.2) is 5.78 Å². The molecule has 3 nitrogen and oxygen atoms in total. The first kappa shape index (κ1) is 15.0. The SMILES string of the molecule is CCOC(=O)C(Cc1cc(F)cc(Cl)c1)C(=O)C1CC1. The van der Waals surface area contributed by atoms with Crippen LogP contribution in [0, 0.1) is 17.7 Å². The van der Waals surface area contributed by atoms with Crippen LogP contribution in [0.5, 0.6) is 0 Å². The van der Waals surface area contributed by atoms with Crippen molar-refractivity contribution in [1.29, 1.82) is 0 Å². The summed E-state index contributed by atoms with van der Waals surface area (Å²) in [6.07, 6.45) is 1.77. The first-order valence-corrected chi connectivity index (χ1v) is 7.04. The van der Waals surface area contributed by atoms with Crippen LogP contribution in [-0.4, -0.2) is 18.4 Å². The minimum absolute atomic E-state index is 0.0477. The number of benzene rings is 1. The average Bonchev–Trinajstić information content (AvgIpc) is 3.18. The summed E-state index contributed by atoms with van der Waals surface area (Å²) in [6, 6.07) is 4.04. The number of Topliss-reactive ketones (excluding diaryl/α,β-unsaturated/α-hetero) is 1. The molecule has 1 aromatic rings. The van der Waals surface area contributed by atoms with Gasteiger partial charge in [-0.25, -0.2) is 4.39 Å². The van der Waals surface area contributed by atoms with Crippen LogP contribution in [0.1, 0.15) is 25.3 Å². The third-order valence-corrected chi connectivity index (χ3v) is 3.47. The van der Waals surface area contributed by atoms with Crippen molar-refractivity contribution in [3.05, 3.63) is 34.6 Å². The van der Waals surface area contributed by atoms with Crippen molar-refractivity contribution >= 4 is 23.4 Å². The molecule has 0 spiro atoms. The van der Waals surface area contributed by atoms with E-state index in [0.29, 0.717) is 5.56 Å². The van der Waals surface area contributed by atoms with Gasteiger partial charge < -0.3 is 4.74 Å². The van der Waals surface area contributed by atoms with Crippen molar-refractivity contribution in [2.75, 3.05) is 6.61 Å². The number of rotatable bonds is 6. The maximum Gasteiger partial charge on any atom is 0.316 e. The number of ketones is 1. The van der Waals surface area contributed by atoms with Gasteiger partial charge in [0.25, 0.3) is 0 Å². The molecule has 0 N–H and O–H groups in total. The number of halogens is 2. The second kappa shape index (κ2) is 6.35. The fraction of sp³-hybridized carbons (Fsp3) is 0.467. The molecule has 108 valence electrons. The van der Waals surface area contributed by atoms with Crippen molar-refractivity contribution in [2.45, 2.75) is 26.2 Å². The summed E-state index contributed by atoms with van der Waals surface area (Å²) >= 11 is 5.79. The van der Waals surface area contributed by atoms with E-state index in [0.717, 1.165) is 12.8 Å². The molecule has 0 heterocycles. The van der Waals surface area contributed by atoms with Crippen molar-refractivity contribution < 1.29 is 18.7 Å². The molecule has 1 unspecified atom stereocenters. The topological polar surface area (TPSA) is 43.4 Å². The summed E-state index contributed by atoms with van der Waals surface area (Å²) in [4.78, 5) is 24.1. The summed E-state index contributed by atoms with van der Waals surface area (Å²) in [5, 5.41) is 0.251. The number of hydrogen-bond acceptors (Lipinski definition) is 3. The highest BCUT2D eigenvalue weighted by Crippen LogP contribution is 2.34. The third kappa shape index (κ3) is 3.79. The molecule has 1 fully saturated rings. The van der Waals surface area contributed by atoms with Crippen molar-refractivity contribution in [3.63, 3.8) is 0 Å². The Morgan fingerprint density at radius 1 is 1.40 bits per heavy atom. The predicted octanol–water partition coefficient (Wildman–Crippen LogP) is 3.18. The lowest BCUT2D eigenvalue weighted by molar-refractivity contribution is -0.151.